The Labute approximate surface area is 160 Å². The van der Waals surface area contributed by atoms with Crippen molar-refractivity contribution in [1.82, 2.24) is 10.2 Å². The Morgan fingerprint density at radius 3 is 2.48 bits per heavy atom. The average molecular weight is 382 g/mol. The third kappa shape index (κ3) is 5.72. The van der Waals surface area contributed by atoms with E-state index in [1.54, 1.807) is 39.9 Å². The standard InChI is InChI=1S/C19H30N2O6/c1-19(2,3)27-18(24)20-13-11-16(22)21(17(13)23)9-8-12-6-7-14(25-4)15(10-12)26-5/h6-7,10,13,16-17,22-23H,8-9,11H2,1-5H3,(H,20,24). The molecule has 8 heteroatoms. The van der Waals surface area contributed by atoms with Crippen LogP contribution in [0.4, 0.5) is 4.79 Å². The van der Waals surface area contributed by atoms with Gasteiger partial charge in [-0.15, -0.1) is 0 Å². The number of alkyl carbamates (subject to hydrolysis) is 1. The van der Waals surface area contributed by atoms with Crippen molar-refractivity contribution in [2.75, 3.05) is 20.8 Å². The zero-order valence-corrected chi connectivity index (χ0v) is 16.6. The van der Waals surface area contributed by atoms with Crippen molar-refractivity contribution in [3.63, 3.8) is 0 Å². The lowest BCUT2D eigenvalue weighted by Crippen LogP contribution is -2.47. The zero-order valence-electron chi connectivity index (χ0n) is 16.6. The van der Waals surface area contributed by atoms with Gasteiger partial charge in [-0.2, -0.15) is 0 Å². The Kier molecular flexibility index (Phi) is 6.91. The van der Waals surface area contributed by atoms with Crippen LogP contribution in [0.3, 0.4) is 0 Å². The number of amides is 1. The van der Waals surface area contributed by atoms with E-state index in [4.69, 9.17) is 14.2 Å². The second-order valence-electron chi connectivity index (χ2n) is 7.56. The minimum absolute atomic E-state index is 0.229. The van der Waals surface area contributed by atoms with Crippen LogP contribution in [-0.2, 0) is 11.2 Å². The van der Waals surface area contributed by atoms with Crippen molar-refractivity contribution in [2.24, 2.45) is 0 Å². The largest absolute Gasteiger partial charge is 0.493 e. The first-order valence-corrected chi connectivity index (χ1v) is 8.97. The molecule has 1 aromatic carbocycles. The van der Waals surface area contributed by atoms with Gasteiger partial charge in [0, 0.05) is 13.0 Å². The number of methoxy groups -OCH3 is 2. The molecule has 8 nitrogen and oxygen atoms in total. The maximum atomic E-state index is 11.9. The van der Waals surface area contributed by atoms with Crippen LogP contribution in [0.2, 0.25) is 0 Å². The van der Waals surface area contributed by atoms with Crippen molar-refractivity contribution in [1.29, 1.82) is 0 Å². The van der Waals surface area contributed by atoms with E-state index in [0.717, 1.165) is 5.56 Å². The highest BCUT2D eigenvalue weighted by atomic mass is 16.6. The lowest BCUT2D eigenvalue weighted by atomic mass is 10.1. The Hall–Kier alpha value is -2.03. The number of aliphatic hydroxyl groups excluding tert-OH is 2. The van der Waals surface area contributed by atoms with Gasteiger partial charge in [0.1, 0.15) is 18.1 Å². The highest BCUT2D eigenvalue weighted by Crippen LogP contribution is 2.28. The molecule has 2 rings (SSSR count). The van der Waals surface area contributed by atoms with Gasteiger partial charge in [0.2, 0.25) is 0 Å². The maximum Gasteiger partial charge on any atom is 0.408 e. The van der Waals surface area contributed by atoms with Crippen LogP contribution < -0.4 is 14.8 Å². The summed E-state index contributed by atoms with van der Waals surface area (Å²) in [6.07, 6.45) is -1.63. The van der Waals surface area contributed by atoms with Gasteiger partial charge in [-0.25, -0.2) is 4.79 Å². The predicted octanol–water partition coefficient (Wildman–Crippen LogP) is 1.48. The molecule has 0 aliphatic carbocycles. The third-order valence-corrected chi connectivity index (χ3v) is 4.36. The topological polar surface area (TPSA) is 100 Å². The Morgan fingerprint density at radius 2 is 1.89 bits per heavy atom. The fraction of sp³-hybridized carbons (Fsp3) is 0.632. The summed E-state index contributed by atoms with van der Waals surface area (Å²) in [7, 11) is 3.15. The van der Waals surface area contributed by atoms with Crippen LogP contribution in [0.5, 0.6) is 11.5 Å². The molecule has 27 heavy (non-hydrogen) atoms. The summed E-state index contributed by atoms with van der Waals surface area (Å²) < 4.78 is 15.7. The van der Waals surface area contributed by atoms with E-state index in [9.17, 15) is 15.0 Å². The summed E-state index contributed by atoms with van der Waals surface area (Å²) in [4.78, 5) is 13.5. The summed E-state index contributed by atoms with van der Waals surface area (Å²) in [6.45, 7) is 5.72. The minimum atomic E-state index is -0.993. The summed E-state index contributed by atoms with van der Waals surface area (Å²) >= 11 is 0. The van der Waals surface area contributed by atoms with Gasteiger partial charge >= 0.3 is 6.09 Å². The molecule has 0 aromatic heterocycles. The van der Waals surface area contributed by atoms with Crippen molar-refractivity contribution in [3.8, 4) is 11.5 Å². The number of ether oxygens (including phenoxy) is 3. The van der Waals surface area contributed by atoms with Gasteiger partial charge in [0.05, 0.1) is 20.3 Å². The van der Waals surface area contributed by atoms with Crippen molar-refractivity contribution >= 4 is 6.09 Å². The highest BCUT2D eigenvalue weighted by molar-refractivity contribution is 5.68. The zero-order chi connectivity index (χ0) is 20.2. The smallest absolute Gasteiger partial charge is 0.408 e. The second kappa shape index (κ2) is 8.77. The molecule has 1 heterocycles. The van der Waals surface area contributed by atoms with Crippen LogP contribution in [0.1, 0.15) is 32.8 Å². The van der Waals surface area contributed by atoms with Crippen LogP contribution >= 0.6 is 0 Å². The number of benzene rings is 1. The van der Waals surface area contributed by atoms with E-state index in [0.29, 0.717) is 24.5 Å². The number of carbonyl (C=O) groups excluding carboxylic acids is 1. The molecule has 1 aliphatic heterocycles. The molecule has 3 N–H and O–H groups in total. The molecular weight excluding hydrogens is 352 g/mol. The van der Waals surface area contributed by atoms with Crippen molar-refractivity contribution < 1.29 is 29.2 Å². The van der Waals surface area contributed by atoms with Crippen molar-refractivity contribution in [2.45, 2.75) is 57.7 Å². The third-order valence-electron chi connectivity index (χ3n) is 4.36. The van der Waals surface area contributed by atoms with Crippen molar-refractivity contribution in [3.05, 3.63) is 23.8 Å². The second-order valence-corrected chi connectivity index (χ2v) is 7.56. The first-order chi connectivity index (χ1) is 12.6. The molecule has 0 spiro atoms. The lowest BCUT2D eigenvalue weighted by Gasteiger charge is -2.26. The van der Waals surface area contributed by atoms with Gasteiger partial charge in [0.15, 0.2) is 11.5 Å². The van der Waals surface area contributed by atoms with Gasteiger partial charge in [-0.1, -0.05) is 6.07 Å². The van der Waals surface area contributed by atoms with E-state index in [1.165, 1.54) is 0 Å². The number of aliphatic hydroxyl groups is 2. The highest BCUT2D eigenvalue weighted by Gasteiger charge is 2.40. The molecule has 0 saturated carbocycles. The van der Waals surface area contributed by atoms with Crippen LogP contribution in [0.15, 0.2) is 18.2 Å². The van der Waals surface area contributed by atoms with E-state index in [-0.39, 0.29) is 6.42 Å². The Bertz CT molecular complexity index is 646. The van der Waals surface area contributed by atoms with E-state index in [2.05, 4.69) is 5.32 Å². The fourth-order valence-electron chi connectivity index (χ4n) is 3.06. The van der Waals surface area contributed by atoms with Gasteiger partial charge in [0.25, 0.3) is 0 Å². The molecule has 0 bridgehead atoms. The van der Waals surface area contributed by atoms with Crippen LogP contribution in [-0.4, -0.2) is 66.1 Å². The van der Waals surface area contributed by atoms with Gasteiger partial charge in [-0.05, 0) is 44.9 Å². The number of hydrogen-bond donors (Lipinski definition) is 3. The molecule has 0 radical (unpaired) electrons. The molecule has 1 aromatic rings. The molecule has 1 saturated heterocycles. The van der Waals surface area contributed by atoms with Crippen LogP contribution in [0.25, 0.3) is 0 Å². The fourth-order valence-corrected chi connectivity index (χ4v) is 3.06. The molecule has 3 atom stereocenters. The van der Waals surface area contributed by atoms with E-state index >= 15 is 0 Å². The Morgan fingerprint density at radius 1 is 1.22 bits per heavy atom. The molecule has 3 unspecified atom stereocenters. The minimum Gasteiger partial charge on any atom is -0.493 e. The number of carbonyl (C=O) groups is 1. The number of rotatable bonds is 6. The Balaban J connectivity index is 1.94. The van der Waals surface area contributed by atoms with Gasteiger partial charge in [-0.3, -0.25) is 4.90 Å². The molecular formula is C19H30N2O6. The summed E-state index contributed by atoms with van der Waals surface area (Å²) in [6, 6.07) is 4.99. The predicted molar refractivity (Wildman–Crippen MR) is 99.7 cm³/mol. The quantitative estimate of drug-likeness (QED) is 0.685. The van der Waals surface area contributed by atoms with Crippen LogP contribution in [0, 0.1) is 0 Å². The number of nitrogens with zero attached hydrogens (tertiary/aromatic N) is 1. The molecule has 152 valence electrons. The first-order valence-electron chi connectivity index (χ1n) is 8.97. The number of likely N-dealkylation sites (tertiary alicyclic amines) is 1. The van der Waals surface area contributed by atoms with E-state index in [1.807, 2.05) is 18.2 Å². The summed E-state index contributed by atoms with van der Waals surface area (Å²) in [5.74, 6) is 1.27. The van der Waals surface area contributed by atoms with E-state index < -0.39 is 30.2 Å². The molecule has 1 amide bonds. The molecule has 1 aliphatic rings. The summed E-state index contributed by atoms with van der Waals surface area (Å²) in [5, 5.41) is 23.4. The van der Waals surface area contributed by atoms with Gasteiger partial charge < -0.3 is 29.7 Å². The maximum absolute atomic E-state index is 11.9. The number of hydrogen-bond acceptors (Lipinski definition) is 7. The SMILES string of the molecule is COc1ccc(CCN2C(O)CC(NC(=O)OC(C)(C)C)C2O)cc1OC. The first kappa shape index (κ1) is 21.3. The summed E-state index contributed by atoms with van der Waals surface area (Å²) in [5.41, 5.74) is 0.356. The lowest BCUT2D eigenvalue weighted by molar-refractivity contribution is -0.0571. The molecule has 1 fully saturated rings. The normalized spacial score (nSPS) is 23.1. The monoisotopic (exact) mass is 382 g/mol. The average Bonchev–Trinajstić information content (AvgIpc) is 2.84. The number of nitrogens with one attached hydrogen (secondary N) is 1.